The van der Waals surface area contributed by atoms with Gasteiger partial charge in [-0.25, -0.2) is 8.42 Å². The number of sulfonamides is 1. The van der Waals surface area contributed by atoms with E-state index < -0.39 is 10.0 Å². The first-order valence-electron chi connectivity index (χ1n) is 10.2. The van der Waals surface area contributed by atoms with E-state index in [1.54, 1.807) is 29.2 Å². The molecule has 2 fully saturated rings. The average molecular weight is 428 g/mol. The van der Waals surface area contributed by atoms with Crippen molar-refractivity contribution in [3.8, 4) is 0 Å². The first-order valence-corrected chi connectivity index (χ1v) is 11.8. The summed E-state index contributed by atoms with van der Waals surface area (Å²) < 4.78 is 26.1. The summed E-state index contributed by atoms with van der Waals surface area (Å²) in [7, 11) is -3.32. The van der Waals surface area contributed by atoms with Gasteiger partial charge in [0.25, 0.3) is 5.91 Å². The Labute approximate surface area is 176 Å². The van der Waals surface area contributed by atoms with Gasteiger partial charge in [-0.2, -0.15) is 0 Å². The molecule has 158 valence electrons. The molecule has 30 heavy (non-hydrogen) atoms. The van der Waals surface area contributed by atoms with E-state index in [1.165, 1.54) is 4.31 Å². The molecule has 2 saturated heterocycles. The number of anilines is 2. The zero-order chi connectivity index (χ0) is 21.1. The standard InChI is InChI=1S/C22H25N3O4S/c26-21-10-5-11-24(21)19-8-3-6-17(14-19)16-23-22(27)18-7-4-9-20(15-18)25-12-1-2-13-30(25,28)29/h3-4,6-9,14-15H,1-2,5,10-13,16H2,(H,23,27). The number of hydrogen-bond acceptors (Lipinski definition) is 4. The zero-order valence-electron chi connectivity index (χ0n) is 16.7. The molecule has 0 saturated carbocycles. The summed E-state index contributed by atoms with van der Waals surface area (Å²) in [6.45, 7) is 1.48. The summed E-state index contributed by atoms with van der Waals surface area (Å²) in [5.41, 5.74) is 2.69. The topological polar surface area (TPSA) is 86.8 Å². The second-order valence-electron chi connectivity index (χ2n) is 7.65. The maximum absolute atomic E-state index is 12.7. The molecule has 0 aliphatic carbocycles. The molecule has 0 radical (unpaired) electrons. The Bertz CT molecular complexity index is 1070. The summed E-state index contributed by atoms with van der Waals surface area (Å²) in [4.78, 5) is 26.4. The van der Waals surface area contributed by atoms with E-state index in [9.17, 15) is 18.0 Å². The highest BCUT2D eigenvalue weighted by Crippen LogP contribution is 2.25. The van der Waals surface area contributed by atoms with Crippen LogP contribution in [-0.4, -0.2) is 39.1 Å². The molecule has 0 aromatic heterocycles. The van der Waals surface area contributed by atoms with Gasteiger partial charge in [-0.05, 0) is 55.2 Å². The van der Waals surface area contributed by atoms with Crippen LogP contribution in [0.4, 0.5) is 11.4 Å². The minimum Gasteiger partial charge on any atom is -0.348 e. The molecule has 2 aliphatic heterocycles. The van der Waals surface area contributed by atoms with Crippen LogP contribution >= 0.6 is 0 Å². The fourth-order valence-electron chi connectivity index (χ4n) is 3.92. The van der Waals surface area contributed by atoms with Crippen molar-refractivity contribution in [1.82, 2.24) is 5.32 Å². The predicted molar refractivity (Wildman–Crippen MR) is 116 cm³/mol. The number of amides is 2. The van der Waals surface area contributed by atoms with Crippen LogP contribution in [0.5, 0.6) is 0 Å². The van der Waals surface area contributed by atoms with Crippen LogP contribution in [0.25, 0.3) is 0 Å². The summed E-state index contributed by atoms with van der Waals surface area (Å²) in [5.74, 6) is -0.00573. The molecule has 4 rings (SSSR count). The molecular formula is C22H25N3O4S. The van der Waals surface area contributed by atoms with Crippen molar-refractivity contribution >= 4 is 33.2 Å². The largest absolute Gasteiger partial charge is 0.348 e. The molecule has 1 N–H and O–H groups in total. The lowest BCUT2D eigenvalue weighted by Crippen LogP contribution is -2.38. The van der Waals surface area contributed by atoms with Gasteiger partial charge in [0.1, 0.15) is 0 Å². The Kier molecular flexibility index (Phi) is 5.76. The van der Waals surface area contributed by atoms with Gasteiger partial charge in [0, 0.05) is 37.3 Å². The van der Waals surface area contributed by atoms with Gasteiger partial charge in [0.2, 0.25) is 15.9 Å². The number of rotatable bonds is 5. The van der Waals surface area contributed by atoms with Crippen molar-refractivity contribution in [2.45, 2.75) is 32.2 Å². The first kappa shape index (κ1) is 20.4. The fourth-order valence-corrected chi connectivity index (χ4v) is 5.55. The number of nitrogens with zero attached hydrogens (tertiary/aromatic N) is 2. The Morgan fingerprint density at radius 3 is 2.53 bits per heavy atom. The second kappa shape index (κ2) is 8.47. The second-order valence-corrected chi connectivity index (χ2v) is 9.66. The SMILES string of the molecule is O=C(NCc1cccc(N2CCCC2=O)c1)c1cccc(N2CCCCS2(=O)=O)c1. The van der Waals surface area contributed by atoms with Crippen LogP contribution in [0.3, 0.4) is 0 Å². The van der Waals surface area contributed by atoms with E-state index in [1.807, 2.05) is 24.3 Å². The van der Waals surface area contributed by atoms with E-state index in [4.69, 9.17) is 0 Å². The zero-order valence-corrected chi connectivity index (χ0v) is 17.5. The molecule has 0 bridgehead atoms. The van der Waals surface area contributed by atoms with E-state index in [0.29, 0.717) is 37.2 Å². The number of carbonyl (C=O) groups excluding carboxylic acids is 2. The van der Waals surface area contributed by atoms with Crippen molar-refractivity contribution in [3.05, 3.63) is 59.7 Å². The third-order valence-electron chi connectivity index (χ3n) is 5.49. The maximum Gasteiger partial charge on any atom is 0.251 e. The molecule has 2 amide bonds. The van der Waals surface area contributed by atoms with Crippen molar-refractivity contribution in [1.29, 1.82) is 0 Å². The Balaban J connectivity index is 1.44. The molecule has 2 aliphatic rings. The number of carbonyl (C=O) groups is 2. The van der Waals surface area contributed by atoms with Gasteiger partial charge in [-0.15, -0.1) is 0 Å². The maximum atomic E-state index is 12.7. The van der Waals surface area contributed by atoms with Crippen molar-refractivity contribution in [3.63, 3.8) is 0 Å². The lowest BCUT2D eigenvalue weighted by molar-refractivity contribution is -0.117. The summed E-state index contributed by atoms with van der Waals surface area (Å²) >= 11 is 0. The molecule has 2 aromatic carbocycles. The molecular weight excluding hydrogens is 402 g/mol. The summed E-state index contributed by atoms with van der Waals surface area (Å²) in [5, 5.41) is 2.88. The van der Waals surface area contributed by atoms with Gasteiger partial charge in [-0.3, -0.25) is 13.9 Å². The highest BCUT2D eigenvalue weighted by atomic mass is 32.2. The lowest BCUT2D eigenvalue weighted by Gasteiger charge is -2.28. The Hall–Kier alpha value is -2.87. The minimum atomic E-state index is -3.32. The first-order chi connectivity index (χ1) is 14.4. The van der Waals surface area contributed by atoms with Crippen molar-refractivity contribution in [2.24, 2.45) is 0 Å². The fraction of sp³-hybridized carbons (Fsp3) is 0.364. The van der Waals surface area contributed by atoms with Crippen LogP contribution in [0.1, 0.15) is 41.6 Å². The minimum absolute atomic E-state index is 0.126. The van der Waals surface area contributed by atoms with Crippen LogP contribution in [0, 0.1) is 0 Å². The third-order valence-corrected chi connectivity index (χ3v) is 7.36. The third kappa shape index (κ3) is 4.33. The number of nitrogens with one attached hydrogen (secondary N) is 1. The molecule has 0 atom stereocenters. The van der Waals surface area contributed by atoms with Crippen LogP contribution in [-0.2, 0) is 21.4 Å². The van der Waals surface area contributed by atoms with Gasteiger partial charge >= 0.3 is 0 Å². The number of hydrogen-bond donors (Lipinski definition) is 1. The van der Waals surface area contributed by atoms with Crippen molar-refractivity contribution < 1.29 is 18.0 Å². The molecule has 8 heteroatoms. The smallest absolute Gasteiger partial charge is 0.251 e. The van der Waals surface area contributed by atoms with Gasteiger partial charge < -0.3 is 10.2 Å². The monoisotopic (exact) mass is 427 g/mol. The summed E-state index contributed by atoms with van der Waals surface area (Å²) in [6, 6.07) is 14.3. The van der Waals surface area contributed by atoms with Crippen LogP contribution in [0.15, 0.2) is 48.5 Å². The van der Waals surface area contributed by atoms with Crippen molar-refractivity contribution in [2.75, 3.05) is 28.0 Å². The highest BCUT2D eigenvalue weighted by molar-refractivity contribution is 7.92. The molecule has 7 nitrogen and oxygen atoms in total. The van der Waals surface area contributed by atoms with Crippen LogP contribution in [0.2, 0.25) is 0 Å². The lowest BCUT2D eigenvalue weighted by atomic mass is 10.1. The van der Waals surface area contributed by atoms with E-state index in [2.05, 4.69) is 5.32 Å². The Morgan fingerprint density at radius 2 is 1.77 bits per heavy atom. The molecule has 0 spiro atoms. The van der Waals surface area contributed by atoms with E-state index in [-0.39, 0.29) is 17.6 Å². The number of benzene rings is 2. The summed E-state index contributed by atoms with van der Waals surface area (Å²) in [6.07, 6.45) is 2.92. The molecule has 2 aromatic rings. The molecule has 2 heterocycles. The normalized spacial score (nSPS) is 18.5. The van der Waals surface area contributed by atoms with Gasteiger partial charge in [-0.1, -0.05) is 18.2 Å². The van der Waals surface area contributed by atoms with Crippen LogP contribution < -0.4 is 14.5 Å². The van der Waals surface area contributed by atoms with Gasteiger partial charge in [0.15, 0.2) is 0 Å². The van der Waals surface area contributed by atoms with E-state index >= 15 is 0 Å². The highest BCUT2D eigenvalue weighted by Gasteiger charge is 2.26. The molecule has 0 unspecified atom stereocenters. The Morgan fingerprint density at radius 1 is 0.967 bits per heavy atom. The van der Waals surface area contributed by atoms with E-state index in [0.717, 1.165) is 30.6 Å². The average Bonchev–Trinajstić information content (AvgIpc) is 3.18. The predicted octanol–water partition coefficient (Wildman–Crippen LogP) is 2.67. The quantitative estimate of drug-likeness (QED) is 0.795. The van der Waals surface area contributed by atoms with Gasteiger partial charge in [0.05, 0.1) is 11.4 Å².